The van der Waals surface area contributed by atoms with Gasteiger partial charge in [-0.2, -0.15) is 0 Å². The first-order chi connectivity index (χ1) is 6.49. The average Bonchev–Trinajstić information content (AvgIpc) is 2.39. The molecule has 0 bridgehead atoms. The van der Waals surface area contributed by atoms with E-state index in [-0.39, 0.29) is 0 Å². The molecule has 7 nitrogen and oxygen atoms in total. The van der Waals surface area contributed by atoms with Crippen molar-refractivity contribution in [2.45, 2.75) is 25.9 Å². The maximum absolute atomic E-state index is 11.4. The lowest BCUT2D eigenvalue weighted by molar-refractivity contribution is -0.139. The maximum atomic E-state index is 11.4. The molecule has 1 heterocycles. The third-order valence-corrected chi connectivity index (χ3v) is 2.04. The van der Waals surface area contributed by atoms with Gasteiger partial charge in [-0.3, -0.25) is 19.7 Å². The van der Waals surface area contributed by atoms with E-state index in [2.05, 4.69) is 5.32 Å². The number of nitrogens with zero attached hydrogens (tertiary/aromatic N) is 1. The van der Waals surface area contributed by atoms with Crippen molar-refractivity contribution < 1.29 is 19.6 Å². The van der Waals surface area contributed by atoms with Crippen molar-refractivity contribution >= 4 is 17.8 Å². The van der Waals surface area contributed by atoms with Gasteiger partial charge in [-0.05, 0) is 13.8 Å². The zero-order valence-corrected chi connectivity index (χ0v) is 7.77. The van der Waals surface area contributed by atoms with Crippen LogP contribution in [0.4, 0.5) is 4.79 Å². The average molecular weight is 201 g/mol. The second-order valence-electron chi connectivity index (χ2n) is 3.03. The molecule has 2 atom stereocenters. The minimum atomic E-state index is -1.02. The molecule has 0 aliphatic carbocycles. The van der Waals surface area contributed by atoms with Crippen molar-refractivity contribution in [2.24, 2.45) is 0 Å². The molecule has 7 heteroatoms. The number of hydrogen-bond acceptors (Lipinski definition) is 4. The van der Waals surface area contributed by atoms with Gasteiger partial charge in [0.1, 0.15) is 12.1 Å². The van der Waals surface area contributed by atoms with Gasteiger partial charge in [0.25, 0.3) is 11.8 Å². The van der Waals surface area contributed by atoms with Crippen LogP contribution in [-0.2, 0) is 9.59 Å². The van der Waals surface area contributed by atoms with Crippen molar-refractivity contribution in [3.63, 3.8) is 0 Å². The van der Waals surface area contributed by atoms with E-state index in [0.29, 0.717) is 0 Å². The molecule has 3 N–H and O–H groups in total. The number of hydroxylamine groups is 1. The van der Waals surface area contributed by atoms with Crippen molar-refractivity contribution in [1.29, 1.82) is 0 Å². The number of amides is 4. The van der Waals surface area contributed by atoms with E-state index in [0.717, 1.165) is 4.90 Å². The molecule has 4 amide bonds. The Kier molecular flexibility index (Phi) is 2.70. The Labute approximate surface area is 80.0 Å². The molecule has 0 aromatic rings. The van der Waals surface area contributed by atoms with Crippen LogP contribution in [0.25, 0.3) is 0 Å². The van der Waals surface area contributed by atoms with Gasteiger partial charge >= 0.3 is 6.03 Å². The van der Waals surface area contributed by atoms with Crippen molar-refractivity contribution in [3.8, 4) is 0 Å². The zero-order valence-electron chi connectivity index (χ0n) is 7.77. The predicted molar refractivity (Wildman–Crippen MR) is 44.2 cm³/mol. The fraction of sp³-hybridized carbons (Fsp3) is 0.571. The monoisotopic (exact) mass is 201 g/mol. The third-order valence-electron chi connectivity index (χ3n) is 2.04. The Bertz CT molecular complexity index is 291. The van der Waals surface area contributed by atoms with Crippen LogP contribution in [0.5, 0.6) is 0 Å². The molecule has 1 rings (SSSR count). The molecule has 0 radical (unpaired) electrons. The van der Waals surface area contributed by atoms with Gasteiger partial charge in [-0.1, -0.05) is 0 Å². The fourth-order valence-corrected chi connectivity index (χ4v) is 1.20. The van der Waals surface area contributed by atoms with Gasteiger partial charge in [0.15, 0.2) is 0 Å². The van der Waals surface area contributed by atoms with Gasteiger partial charge < -0.3 is 5.32 Å². The lowest BCUT2D eigenvalue weighted by Crippen LogP contribution is -2.47. The van der Waals surface area contributed by atoms with Gasteiger partial charge in [0.05, 0.1) is 0 Å². The molecule has 1 aliphatic heterocycles. The summed E-state index contributed by atoms with van der Waals surface area (Å²) in [4.78, 5) is 34.3. The number of nitrogens with one attached hydrogen (secondary N) is 2. The third kappa shape index (κ3) is 1.53. The summed E-state index contributed by atoms with van der Waals surface area (Å²) in [6.45, 7) is 2.87. The van der Waals surface area contributed by atoms with Crippen molar-refractivity contribution in [2.75, 3.05) is 0 Å². The van der Waals surface area contributed by atoms with Crippen LogP contribution >= 0.6 is 0 Å². The first-order valence-corrected chi connectivity index (χ1v) is 4.06. The van der Waals surface area contributed by atoms with E-state index >= 15 is 0 Å². The molecule has 14 heavy (non-hydrogen) atoms. The first kappa shape index (κ1) is 10.5. The topological polar surface area (TPSA) is 98.7 Å². The lowest BCUT2D eigenvalue weighted by Gasteiger charge is -2.18. The summed E-state index contributed by atoms with van der Waals surface area (Å²) in [5.41, 5.74) is 1.38. The molecule has 0 saturated carbocycles. The highest BCUT2D eigenvalue weighted by atomic mass is 16.5. The molecule has 1 aliphatic rings. The van der Waals surface area contributed by atoms with E-state index < -0.39 is 29.9 Å². The van der Waals surface area contributed by atoms with E-state index in [9.17, 15) is 14.4 Å². The quantitative estimate of drug-likeness (QED) is 0.297. The molecule has 0 aromatic heterocycles. The summed E-state index contributed by atoms with van der Waals surface area (Å²) in [6.07, 6.45) is 0. The predicted octanol–water partition coefficient (Wildman–Crippen LogP) is -1.18. The van der Waals surface area contributed by atoms with Gasteiger partial charge in [-0.25, -0.2) is 10.3 Å². The SMILES string of the molecule is CC1NC(=O)N(C(C)C(=O)NO)C1=O. The molecule has 0 aromatic carbocycles. The fourth-order valence-electron chi connectivity index (χ4n) is 1.20. The highest BCUT2D eigenvalue weighted by Gasteiger charge is 2.40. The Morgan fingerprint density at radius 1 is 1.64 bits per heavy atom. The smallest absolute Gasteiger partial charge is 0.325 e. The minimum Gasteiger partial charge on any atom is -0.326 e. The van der Waals surface area contributed by atoms with Crippen LogP contribution in [-0.4, -0.2) is 40.0 Å². The second kappa shape index (κ2) is 3.62. The molecule has 0 spiro atoms. The Hall–Kier alpha value is -1.63. The number of hydrogen-bond donors (Lipinski definition) is 3. The number of carbonyl (C=O) groups excluding carboxylic acids is 3. The summed E-state index contributed by atoms with van der Waals surface area (Å²) in [7, 11) is 0. The zero-order chi connectivity index (χ0) is 10.9. The highest BCUT2D eigenvalue weighted by Crippen LogP contribution is 2.10. The van der Waals surface area contributed by atoms with E-state index in [4.69, 9.17) is 5.21 Å². The number of urea groups is 1. The normalized spacial score (nSPS) is 23.4. The molecular formula is C7H11N3O4. The van der Waals surface area contributed by atoms with Crippen LogP contribution in [0.3, 0.4) is 0 Å². The summed E-state index contributed by atoms with van der Waals surface area (Å²) < 4.78 is 0. The Morgan fingerprint density at radius 3 is 2.57 bits per heavy atom. The molecular weight excluding hydrogens is 190 g/mol. The van der Waals surface area contributed by atoms with Crippen molar-refractivity contribution in [3.05, 3.63) is 0 Å². The number of carbonyl (C=O) groups is 3. The van der Waals surface area contributed by atoms with Crippen LogP contribution in [0.2, 0.25) is 0 Å². The largest absolute Gasteiger partial charge is 0.326 e. The number of rotatable bonds is 2. The Balaban J connectivity index is 2.82. The van der Waals surface area contributed by atoms with E-state index in [1.165, 1.54) is 19.3 Å². The first-order valence-electron chi connectivity index (χ1n) is 4.06. The molecule has 1 fully saturated rings. The Morgan fingerprint density at radius 2 is 2.21 bits per heavy atom. The van der Waals surface area contributed by atoms with Crippen molar-refractivity contribution in [1.82, 2.24) is 15.7 Å². The van der Waals surface area contributed by atoms with Gasteiger partial charge in [0, 0.05) is 0 Å². The summed E-state index contributed by atoms with van der Waals surface area (Å²) in [5.74, 6) is -1.28. The summed E-state index contributed by atoms with van der Waals surface area (Å²) >= 11 is 0. The van der Waals surface area contributed by atoms with E-state index in [1.54, 1.807) is 0 Å². The van der Waals surface area contributed by atoms with Crippen LogP contribution in [0.15, 0.2) is 0 Å². The summed E-state index contributed by atoms with van der Waals surface area (Å²) in [6, 6.07) is -2.27. The van der Waals surface area contributed by atoms with Crippen LogP contribution < -0.4 is 10.8 Å². The maximum Gasteiger partial charge on any atom is 0.325 e. The minimum absolute atomic E-state index is 0.480. The lowest BCUT2D eigenvalue weighted by atomic mass is 10.2. The van der Waals surface area contributed by atoms with Gasteiger partial charge in [-0.15, -0.1) is 0 Å². The number of imide groups is 1. The molecule has 1 saturated heterocycles. The second-order valence-corrected chi connectivity index (χ2v) is 3.03. The van der Waals surface area contributed by atoms with Crippen LogP contribution in [0.1, 0.15) is 13.8 Å². The molecule has 2 unspecified atom stereocenters. The highest BCUT2D eigenvalue weighted by molar-refractivity contribution is 6.07. The standard InChI is InChI=1S/C7H11N3O4/c1-3-6(12)10(7(13)8-3)4(2)5(11)9-14/h3-4,14H,1-2H3,(H,8,13)(H,9,11). The molecule has 78 valence electrons. The van der Waals surface area contributed by atoms with Gasteiger partial charge in [0.2, 0.25) is 0 Å². The van der Waals surface area contributed by atoms with Crippen LogP contribution in [0, 0.1) is 0 Å². The summed E-state index contributed by atoms with van der Waals surface area (Å²) in [5, 5.41) is 10.7. The van der Waals surface area contributed by atoms with E-state index in [1.807, 2.05) is 0 Å².